The van der Waals surface area contributed by atoms with Gasteiger partial charge in [0, 0.05) is 38.2 Å². The second-order valence-corrected chi connectivity index (χ2v) is 7.11. The summed E-state index contributed by atoms with van der Waals surface area (Å²) in [5, 5.41) is 2.36. The van der Waals surface area contributed by atoms with E-state index in [-0.39, 0.29) is 17.7 Å². The van der Waals surface area contributed by atoms with Gasteiger partial charge in [0.1, 0.15) is 0 Å². The van der Waals surface area contributed by atoms with Crippen LogP contribution in [0, 0.1) is 5.92 Å². The van der Waals surface area contributed by atoms with Gasteiger partial charge in [0.2, 0.25) is 11.8 Å². The molecule has 2 aliphatic rings. The summed E-state index contributed by atoms with van der Waals surface area (Å²) >= 11 is 0. The van der Waals surface area contributed by atoms with Gasteiger partial charge in [-0.05, 0) is 34.4 Å². The average molecular weight is 371 g/mol. The van der Waals surface area contributed by atoms with Crippen LogP contribution < -0.4 is 0 Å². The molecule has 1 unspecified atom stereocenters. The van der Waals surface area contributed by atoms with Crippen molar-refractivity contribution in [2.24, 2.45) is 15.9 Å². The topological polar surface area (TPSA) is 62.1 Å². The van der Waals surface area contributed by atoms with Gasteiger partial charge in [-0.2, -0.15) is 4.99 Å². The van der Waals surface area contributed by atoms with Crippen molar-refractivity contribution in [2.45, 2.75) is 19.4 Å². The first-order valence-corrected chi connectivity index (χ1v) is 9.36. The second kappa shape index (κ2) is 7.72. The molecule has 2 aliphatic heterocycles. The number of allylic oxidation sites excluding steroid dienone is 2. The van der Waals surface area contributed by atoms with E-state index in [0.717, 1.165) is 11.1 Å². The van der Waals surface area contributed by atoms with Gasteiger partial charge in [-0.3, -0.25) is 9.59 Å². The van der Waals surface area contributed by atoms with Gasteiger partial charge in [-0.25, -0.2) is 4.99 Å². The molecule has 0 saturated heterocycles. The first-order valence-electron chi connectivity index (χ1n) is 9.36. The normalized spacial score (nSPS) is 18.8. The molecule has 0 N–H and O–H groups in total. The first-order chi connectivity index (χ1) is 13.6. The number of dihydropyridines is 1. The number of likely N-dealkylation sites (N-methyl/N-ethyl adjacent to an activating group) is 1. The fourth-order valence-corrected chi connectivity index (χ4v) is 3.42. The predicted octanol–water partition coefficient (Wildman–Crippen LogP) is 3.70. The second-order valence-electron chi connectivity index (χ2n) is 7.11. The maximum Gasteiger partial charge on any atom is 0.248 e. The molecule has 0 bridgehead atoms. The van der Waals surface area contributed by atoms with E-state index in [9.17, 15) is 9.59 Å². The molecule has 4 rings (SSSR count). The van der Waals surface area contributed by atoms with Gasteiger partial charge in [-0.1, -0.05) is 48.6 Å². The molecule has 0 fully saturated rings. The highest BCUT2D eigenvalue weighted by molar-refractivity contribution is 6.12. The molecule has 140 valence electrons. The standard InChI is InChI=1S/C23H21N3O2/c1-26(15-17-6-8-18-4-2-3-5-19(18)13-17)22(28)11-7-16-12-20-9-10-21(27)25-23(20)24-14-16/h2-8,11-14,16H,9-10,15H2,1H3/b11-7+. The van der Waals surface area contributed by atoms with Crippen LogP contribution in [-0.2, 0) is 16.1 Å². The summed E-state index contributed by atoms with van der Waals surface area (Å²) in [6.07, 6.45) is 8.25. The number of rotatable bonds is 4. The highest BCUT2D eigenvalue weighted by atomic mass is 16.2. The van der Waals surface area contributed by atoms with Gasteiger partial charge < -0.3 is 4.90 Å². The summed E-state index contributed by atoms with van der Waals surface area (Å²) in [4.78, 5) is 33.7. The first kappa shape index (κ1) is 18.0. The van der Waals surface area contributed by atoms with Crippen molar-refractivity contribution in [3.63, 3.8) is 0 Å². The molecule has 0 saturated carbocycles. The fraction of sp³-hybridized carbons (Fsp3) is 0.217. The Bertz CT molecular complexity index is 1060. The van der Waals surface area contributed by atoms with Gasteiger partial charge in [0.25, 0.3) is 0 Å². The van der Waals surface area contributed by atoms with Crippen LogP contribution in [0.5, 0.6) is 0 Å². The fourth-order valence-electron chi connectivity index (χ4n) is 3.42. The number of aliphatic imine (C=N–C) groups is 2. The Morgan fingerprint density at radius 2 is 2.00 bits per heavy atom. The largest absolute Gasteiger partial charge is 0.338 e. The minimum absolute atomic E-state index is 0.0554. The Balaban J connectivity index is 1.40. The third-order valence-electron chi connectivity index (χ3n) is 4.96. The molecule has 2 aromatic carbocycles. The summed E-state index contributed by atoms with van der Waals surface area (Å²) in [5.74, 6) is 0.280. The smallest absolute Gasteiger partial charge is 0.248 e. The number of hydrogen-bond acceptors (Lipinski definition) is 3. The molecular formula is C23H21N3O2. The van der Waals surface area contributed by atoms with Gasteiger partial charge in [0.15, 0.2) is 5.84 Å². The van der Waals surface area contributed by atoms with E-state index in [1.54, 1.807) is 24.2 Å². The summed E-state index contributed by atoms with van der Waals surface area (Å²) in [7, 11) is 1.80. The Morgan fingerprint density at radius 3 is 2.86 bits per heavy atom. The third kappa shape index (κ3) is 3.98. The number of fused-ring (bicyclic) bond motifs is 2. The van der Waals surface area contributed by atoms with Crippen molar-refractivity contribution in [3.8, 4) is 0 Å². The molecule has 0 spiro atoms. The number of amidine groups is 1. The molecule has 5 nitrogen and oxygen atoms in total. The lowest BCUT2D eigenvalue weighted by molar-refractivity contribution is -0.125. The maximum absolute atomic E-state index is 12.5. The van der Waals surface area contributed by atoms with Gasteiger partial charge in [-0.15, -0.1) is 0 Å². The number of carbonyl (C=O) groups is 2. The Labute approximate surface area is 163 Å². The van der Waals surface area contributed by atoms with Crippen LogP contribution in [0.2, 0.25) is 0 Å². The van der Waals surface area contributed by atoms with Crippen LogP contribution in [0.1, 0.15) is 18.4 Å². The number of nitrogens with zero attached hydrogens (tertiary/aromatic N) is 3. The SMILES string of the molecule is CN(Cc1ccc2ccccc2c1)C(=O)/C=C/C1C=NC2=NC(=O)CCC2=C1. The lowest BCUT2D eigenvalue weighted by atomic mass is 9.97. The van der Waals surface area contributed by atoms with E-state index >= 15 is 0 Å². The zero-order valence-electron chi connectivity index (χ0n) is 15.7. The van der Waals surface area contributed by atoms with Crippen molar-refractivity contribution in [1.29, 1.82) is 0 Å². The van der Waals surface area contributed by atoms with Crippen molar-refractivity contribution < 1.29 is 9.59 Å². The average Bonchev–Trinajstić information content (AvgIpc) is 2.71. The van der Waals surface area contributed by atoms with Crippen molar-refractivity contribution >= 4 is 34.6 Å². The summed E-state index contributed by atoms with van der Waals surface area (Å²) in [5.41, 5.74) is 2.07. The quantitative estimate of drug-likeness (QED) is 0.770. The summed E-state index contributed by atoms with van der Waals surface area (Å²) in [6.45, 7) is 0.548. The van der Waals surface area contributed by atoms with Crippen LogP contribution >= 0.6 is 0 Å². The number of hydrogen-bond donors (Lipinski definition) is 0. The summed E-state index contributed by atoms with van der Waals surface area (Å²) < 4.78 is 0. The van der Waals surface area contributed by atoms with Gasteiger partial charge in [0.05, 0.1) is 0 Å². The molecule has 2 aromatic rings. The summed E-state index contributed by atoms with van der Waals surface area (Å²) in [6, 6.07) is 14.4. The molecule has 1 atom stereocenters. The van der Waals surface area contributed by atoms with E-state index in [1.165, 1.54) is 10.8 Å². The highest BCUT2D eigenvalue weighted by Gasteiger charge is 2.20. The molecule has 0 radical (unpaired) electrons. The van der Waals surface area contributed by atoms with Crippen LogP contribution in [0.4, 0.5) is 0 Å². The van der Waals surface area contributed by atoms with E-state index in [2.05, 4.69) is 40.3 Å². The van der Waals surface area contributed by atoms with Gasteiger partial charge >= 0.3 is 0 Å². The molecule has 0 aromatic heterocycles. The van der Waals surface area contributed by atoms with Crippen molar-refractivity contribution in [2.75, 3.05) is 7.05 Å². The lowest BCUT2D eigenvalue weighted by Gasteiger charge is -2.18. The Hall–Kier alpha value is -3.34. The molecule has 28 heavy (non-hydrogen) atoms. The van der Waals surface area contributed by atoms with E-state index in [0.29, 0.717) is 25.2 Å². The molecule has 5 heteroatoms. The van der Waals surface area contributed by atoms with Crippen LogP contribution in [0.3, 0.4) is 0 Å². The van der Waals surface area contributed by atoms with Crippen LogP contribution in [-0.4, -0.2) is 35.8 Å². The van der Waals surface area contributed by atoms with Crippen LogP contribution in [0.25, 0.3) is 10.8 Å². The van der Waals surface area contributed by atoms with Crippen molar-refractivity contribution in [1.82, 2.24) is 4.90 Å². The highest BCUT2D eigenvalue weighted by Crippen LogP contribution is 2.21. The van der Waals surface area contributed by atoms with E-state index < -0.39 is 0 Å². The lowest BCUT2D eigenvalue weighted by Crippen LogP contribution is -2.24. The predicted molar refractivity (Wildman–Crippen MR) is 111 cm³/mol. The molecule has 0 aliphatic carbocycles. The van der Waals surface area contributed by atoms with Crippen LogP contribution in [0.15, 0.2) is 76.3 Å². The number of benzene rings is 2. The molecule has 2 amide bonds. The maximum atomic E-state index is 12.5. The molecule has 2 heterocycles. The van der Waals surface area contributed by atoms with Crippen molar-refractivity contribution in [3.05, 3.63) is 71.8 Å². The van der Waals surface area contributed by atoms with E-state index in [4.69, 9.17) is 0 Å². The third-order valence-corrected chi connectivity index (χ3v) is 4.96. The Kier molecular flexibility index (Phi) is 4.98. The number of carbonyl (C=O) groups excluding carboxylic acids is 2. The number of amides is 2. The zero-order chi connectivity index (χ0) is 19.5. The zero-order valence-corrected chi connectivity index (χ0v) is 15.7. The Morgan fingerprint density at radius 1 is 1.18 bits per heavy atom. The minimum atomic E-state index is -0.121. The van der Waals surface area contributed by atoms with E-state index in [1.807, 2.05) is 24.3 Å². The molecular weight excluding hydrogens is 350 g/mol. The monoisotopic (exact) mass is 371 g/mol. The minimum Gasteiger partial charge on any atom is -0.338 e.